The molecule has 0 spiro atoms. The summed E-state index contributed by atoms with van der Waals surface area (Å²) in [5.41, 5.74) is 6.04. The summed E-state index contributed by atoms with van der Waals surface area (Å²) < 4.78 is 20.1. The Balaban J connectivity index is 1.85. The van der Waals surface area contributed by atoms with Crippen molar-refractivity contribution in [3.05, 3.63) is 46.0 Å². The topological polar surface area (TPSA) is 117 Å². The number of nitrogens with one attached hydrogen (secondary N) is 1. The van der Waals surface area contributed by atoms with Crippen molar-refractivity contribution in [3.63, 3.8) is 0 Å². The monoisotopic (exact) mass is 658 g/mol. The average molecular weight is 660 g/mol. The summed E-state index contributed by atoms with van der Waals surface area (Å²) in [7, 11) is 1.63. The molecule has 1 aliphatic heterocycles. The Morgan fingerprint density at radius 3 is 2.60 bits per heavy atom. The Morgan fingerprint density at radius 2 is 2.08 bits per heavy atom. The van der Waals surface area contributed by atoms with Gasteiger partial charge in [-0.15, -0.1) is 0 Å². The molecule has 1 aliphatic rings. The predicted molar refractivity (Wildman–Crippen MR) is 162 cm³/mol. The Hall–Kier alpha value is -1.83. The van der Waals surface area contributed by atoms with Crippen molar-refractivity contribution in [1.82, 2.24) is 25.0 Å². The SMILES string of the molecule is CO[C@@H](CN/C=C(\N)n1ccc(Cl)n1)C(OC1COC1C)Sc1cc(Br)cnc1C(=O)N(CC(C)C)CC(C)C. The first-order valence-electron chi connectivity index (χ1n) is 13.3. The van der Waals surface area contributed by atoms with Crippen LogP contribution in [0.5, 0.6) is 0 Å². The third-order valence-corrected chi connectivity index (χ3v) is 7.92. The van der Waals surface area contributed by atoms with Gasteiger partial charge in [0.15, 0.2) is 5.15 Å². The van der Waals surface area contributed by atoms with Crippen LogP contribution in [-0.2, 0) is 14.2 Å². The van der Waals surface area contributed by atoms with Crippen LogP contribution in [0.3, 0.4) is 0 Å². The zero-order chi connectivity index (χ0) is 29.4. The summed E-state index contributed by atoms with van der Waals surface area (Å²) in [5, 5.41) is 7.65. The summed E-state index contributed by atoms with van der Waals surface area (Å²) in [6.45, 7) is 12.6. The maximum Gasteiger partial charge on any atom is 0.273 e. The molecule has 0 saturated carbocycles. The van der Waals surface area contributed by atoms with Crippen LogP contribution in [0, 0.1) is 11.8 Å². The third-order valence-electron chi connectivity index (χ3n) is 6.08. The molecule has 0 aromatic carbocycles. The summed E-state index contributed by atoms with van der Waals surface area (Å²) in [5.74, 6) is 0.921. The fraction of sp³-hybridized carbons (Fsp3) is 0.593. The molecule has 0 aliphatic carbocycles. The molecule has 2 aromatic heterocycles. The maximum absolute atomic E-state index is 13.8. The van der Waals surface area contributed by atoms with E-state index in [1.807, 2.05) is 17.9 Å². The first-order valence-corrected chi connectivity index (χ1v) is 15.3. The number of aromatic nitrogens is 3. The van der Waals surface area contributed by atoms with E-state index in [1.165, 1.54) is 16.4 Å². The van der Waals surface area contributed by atoms with Gasteiger partial charge in [0, 0.05) is 54.7 Å². The number of carbonyl (C=O) groups is 1. The fourth-order valence-corrected chi connectivity index (χ4v) is 5.91. The molecule has 0 radical (unpaired) electrons. The zero-order valence-electron chi connectivity index (χ0n) is 23.8. The molecular weight excluding hydrogens is 620 g/mol. The molecule has 2 aromatic rings. The van der Waals surface area contributed by atoms with Crippen LogP contribution in [0.1, 0.15) is 45.1 Å². The lowest BCUT2D eigenvalue weighted by atomic mass is 10.1. The molecular formula is C27H40BrClN6O4S. The van der Waals surface area contributed by atoms with Gasteiger partial charge in [0.25, 0.3) is 5.91 Å². The minimum absolute atomic E-state index is 0.0389. The Morgan fingerprint density at radius 1 is 1.38 bits per heavy atom. The quantitative estimate of drug-likeness (QED) is 0.208. The highest BCUT2D eigenvalue weighted by Gasteiger charge is 2.36. The van der Waals surface area contributed by atoms with Gasteiger partial charge in [-0.05, 0) is 46.8 Å². The van der Waals surface area contributed by atoms with E-state index in [2.05, 4.69) is 59.0 Å². The Bertz CT molecular complexity index is 1140. The maximum atomic E-state index is 13.8. The van der Waals surface area contributed by atoms with Crippen LogP contribution >= 0.6 is 39.3 Å². The highest BCUT2D eigenvalue weighted by molar-refractivity contribution is 9.10. The number of rotatable bonds is 15. The van der Waals surface area contributed by atoms with E-state index in [0.717, 1.165) is 4.47 Å². The van der Waals surface area contributed by atoms with Crippen LogP contribution in [0.25, 0.3) is 5.82 Å². The minimum Gasteiger partial charge on any atom is -0.385 e. The highest BCUT2D eigenvalue weighted by atomic mass is 79.9. The smallest absolute Gasteiger partial charge is 0.273 e. The second-order valence-electron chi connectivity index (χ2n) is 10.5. The Kier molecular flexibility index (Phi) is 12.6. The largest absolute Gasteiger partial charge is 0.385 e. The van der Waals surface area contributed by atoms with E-state index >= 15 is 0 Å². The van der Waals surface area contributed by atoms with E-state index in [9.17, 15) is 4.79 Å². The number of nitrogens with zero attached hydrogens (tertiary/aromatic N) is 4. The van der Waals surface area contributed by atoms with Crippen molar-refractivity contribution in [1.29, 1.82) is 0 Å². The van der Waals surface area contributed by atoms with E-state index in [-0.39, 0.29) is 18.1 Å². The van der Waals surface area contributed by atoms with Crippen LogP contribution in [0.2, 0.25) is 5.15 Å². The van der Waals surface area contributed by atoms with E-state index in [4.69, 9.17) is 31.5 Å². The Labute approximate surface area is 254 Å². The number of thioether (sulfide) groups is 1. The summed E-state index contributed by atoms with van der Waals surface area (Å²) in [6, 6.07) is 3.56. The van der Waals surface area contributed by atoms with Crippen LogP contribution in [0.15, 0.2) is 40.1 Å². The number of nitrogens with two attached hydrogens (primary N) is 1. The van der Waals surface area contributed by atoms with Crippen molar-refractivity contribution >= 4 is 51.0 Å². The van der Waals surface area contributed by atoms with Gasteiger partial charge in [-0.3, -0.25) is 4.79 Å². The first-order chi connectivity index (χ1) is 19.0. The molecule has 13 heteroatoms. The van der Waals surface area contributed by atoms with Crippen molar-refractivity contribution < 1.29 is 19.0 Å². The zero-order valence-corrected chi connectivity index (χ0v) is 27.0. The third kappa shape index (κ3) is 9.35. The van der Waals surface area contributed by atoms with E-state index in [0.29, 0.717) is 59.6 Å². The van der Waals surface area contributed by atoms with Crippen molar-refractivity contribution in [3.8, 4) is 0 Å². The second-order valence-corrected chi connectivity index (χ2v) is 13.0. The van der Waals surface area contributed by atoms with Gasteiger partial charge in [0.05, 0.1) is 12.7 Å². The molecule has 40 heavy (non-hydrogen) atoms. The van der Waals surface area contributed by atoms with Gasteiger partial charge < -0.3 is 30.2 Å². The standard InChI is InChI=1S/C27H40BrClN6O4S/c1-16(2)13-34(14-17(3)4)26(36)25-22(9-19(28)10-32-25)40-27(39-21-15-38-18(21)5)20(37-6)11-31-12-24(30)35-8-7-23(29)33-35/h7-10,12,16-18,20-21,27,31H,11,13-15,30H2,1-6H3/b24-12+/t18?,20-,21?,27?/m0/s1. The molecule has 10 nitrogen and oxygen atoms in total. The number of hydrogen-bond acceptors (Lipinski definition) is 9. The number of carbonyl (C=O) groups excluding carboxylic acids is 1. The lowest BCUT2D eigenvalue weighted by Gasteiger charge is -2.38. The molecule has 0 bridgehead atoms. The van der Waals surface area contributed by atoms with Gasteiger partial charge in [-0.25, -0.2) is 9.67 Å². The number of ether oxygens (including phenoxy) is 3. The molecule has 3 unspecified atom stereocenters. The molecule has 3 heterocycles. The fourth-order valence-electron chi connectivity index (χ4n) is 4.03. The van der Waals surface area contributed by atoms with Gasteiger partial charge in [0.1, 0.15) is 29.2 Å². The predicted octanol–water partition coefficient (Wildman–Crippen LogP) is 4.69. The summed E-state index contributed by atoms with van der Waals surface area (Å²) in [4.78, 5) is 20.9. The van der Waals surface area contributed by atoms with Gasteiger partial charge >= 0.3 is 0 Å². The van der Waals surface area contributed by atoms with Gasteiger partial charge in [-0.1, -0.05) is 51.1 Å². The second kappa shape index (κ2) is 15.4. The number of methoxy groups -OCH3 is 1. The first kappa shape index (κ1) is 32.7. The number of halogens is 2. The number of pyridine rings is 1. The molecule has 4 atom stereocenters. The van der Waals surface area contributed by atoms with Gasteiger partial charge in [0.2, 0.25) is 0 Å². The average Bonchev–Trinajstić information content (AvgIpc) is 3.33. The molecule has 3 rings (SSSR count). The summed E-state index contributed by atoms with van der Waals surface area (Å²) in [6.07, 6.45) is 4.42. The van der Waals surface area contributed by atoms with Crippen LogP contribution in [-0.4, -0.2) is 82.7 Å². The molecule has 1 amide bonds. The van der Waals surface area contributed by atoms with Gasteiger partial charge in [-0.2, -0.15) is 5.10 Å². The van der Waals surface area contributed by atoms with E-state index in [1.54, 1.807) is 31.8 Å². The van der Waals surface area contributed by atoms with E-state index < -0.39 is 11.5 Å². The number of hydrogen-bond donors (Lipinski definition) is 2. The molecule has 1 saturated heterocycles. The highest BCUT2D eigenvalue weighted by Crippen LogP contribution is 2.34. The van der Waals surface area contributed by atoms with Crippen LogP contribution in [0.4, 0.5) is 0 Å². The van der Waals surface area contributed by atoms with Crippen LogP contribution < -0.4 is 11.1 Å². The normalized spacial score (nSPS) is 19.0. The lowest BCUT2D eigenvalue weighted by molar-refractivity contribution is -0.197. The minimum atomic E-state index is -0.478. The molecule has 222 valence electrons. The summed E-state index contributed by atoms with van der Waals surface area (Å²) >= 11 is 10.8. The lowest BCUT2D eigenvalue weighted by Crippen LogP contribution is -2.49. The molecule has 3 N–H and O–H groups in total. The van der Waals surface area contributed by atoms with Crippen molar-refractivity contribution in [2.75, 3.05) is 33.4 Å². The van der Waals surface area contributed by atoms with Crippen molar-refractivity contribution in [2.24, 2.45) is 17.6 Å². The molecule has 1 fully saturated rings. The number of amides is 1. The van der Waals surface area contributed by atoms with Crippen molar-refractivity contribution in [2.45, 2.75) is 63.3 Å².